The summed E-state index contributed by atoms with van der Waals surface area (Å²) in [5, 5.41) is 3.05. The number of hydrogen-bond acceptors (Lipinski definition) is 4. The summed E-state index contributed by atoms with van der Waals surface area (Å²) in [4.78, 5) is 22.2. The molecule has 0 bridgehead atoms. The number of carbonyl (C=O) groups is 1. The molecule has 2 aromatic carbocycles. The highest BCUT2D eigenvalue weighted by Gasteiger charge is 2.18. The van der Waals surface area contributed by atoms with E-state index in [-0.39, 0.29) is 5.91 Å². The van der Waals surface area contributed by atoms with Crippen molar-refractivity contribution in [1.29, 1.82) is 0 Å². The van der Waals surface area contributed by atoms with Crippen LogP contribution in [-0.2, 0) is 19.5 Å². The third-order valence-electron chi connectivity index (χ3n) is 6.11. The Morgan fingerprint density at radius 3 is 2.46 bits per heavy atom. The van der Waals surface area contributed by atoms with Gasteiger partial charge in [0.2, 0.25) is 0 Å². The summed E-state index contributed by atoms with van der Waals surface area (Å²) in [6.45, 7) is 6.33. The molecule has 0 saturated heterocycles. The van der Waals surface area contributed by atoms with E-state index in [2.05, 4.69) is 79.6 Å². The predicted molar refractivity (Wildman–Crippen MR) is 147 cm³/mol. The van der Waals surface area contributed by atoms with Crippen LogP contribution in [-0.4, -0.2) is 35.9 Å². The van der Waals surface area contributed by atoms with Crippen molar-refractivity contribution >= 4 is 39.0 Å². The summed E-state index contributed by atoms with van der Waals surface area (Å²) in [5.74, 6) is 0.940. The number of carbonyl (C=O) groups excluding carboxylic acids is 1. The van der Waals surface area contributed by atoms with Crippen LogP contribution in [0.2, 0.25) is 0 Å². The molecule has 7 heteroatoms. The van der Waals surface area contributed by atoms with Crippen molar-refractivity contribution in [3.05, 3.63) is 93.7 Å². The summed E-state index contributed by atoms with van der Waals surface area (Å²) < 4.78 is 3.12. The van der Waals surface area contributed by atoms with Gasteiger partial charge in [-0.25, -0.2) is 4.98 Å². The zero-order chi connectivity index (χ0) is 24.9. The minimum absolute atomic E-state index is 0.101. The average molecular weight is 535 g/mol. The number of halogens is 1. The van der Waals surface area contributed by atoms with Crippen LogP contribution < -0.4 is 15.1 Å². The first-order valence-electron chi connectivity index (χ1n) is 11.9. The molecule has 0 spiro atoms. The van der Waals surface area contributed by atoms with Crippen molar-refractivity contribution in [1.82, 2.24) is 14.7 Å². The fraction of sp³-hybridized carbons (Fsp3) is 0.286. The third kappa shape index (κ3) is 5.68. The lowest BCUT2D eigenvalue weighted by Crippen LogP contribution is -2.25. The molecular formula is C28H32BrN5O. The minimum Gasteiger partial charge on any atom is -0.378 e. The van der Waals surface area contributed by atoms with E-state index in [4.69, 9.17) is 4.98 Å². The van der Waals surface area contributed by atoms with Gasteiger partial charge in [0.05, 0.1) is 11.3 Å². The van der Waals surface area contributed by atoms with Crippen molar-refractivity contribution in [2.75, 3.05) is 30.4 Å². The standard InChI is InChI=1S/C28H32BrN5O/c1-5-25-28(33(6-2)18-21-8-7-9-23(29)16-21)34-19-22(12-15-26(34)31-25)27(35)30-17-20-10-13-24(14-11-20)32(3)4/h7-16,19H,5-6,17-18H2,1-4H3,(H,30,35). The summed E-state index contributed by atoms with van der Waals surface area (Å²) in [5.41, 5.74) is 5.90. The number of nitrogens with one attached hydrogen (secondary N) is 1. The smallest absolute Gasteiger partial charge is 0.253 e. The maximum atomic E-state index is 13.0. The van der Waals surface area contributed by atoms with Crippen LogP contribution in [0, 0.1) is 0 Å². The predicted octanol–water partition coefficient (Wildman–Crippen LogP) is 5.68. The average Bonchev–Trinajstić information content (AvgIpc) is 3.24. The summed E-state index contributed by atoms with van der Waals surface area (Å²) in [7, 11) is 4.03. The van der Waals surface area contributed by atoms with E-state index in [0.29, 0.717) is 12.1 Å². The number of nitrogens with zero attached hydrogens (tertiary/aromatic N) is 4. The molecule has 0 fully saturated rings. The number of fused-ring (bicyclic) bond motifs is 1. The van der Waals surface area contributed by atoms with E-state index in [9.17, 15) is 4.79 Å². The monoisotopic (exact) mass is 533 g/mol. The number of rotatable bonds is 9. The number of pyridine rings is 1. The van der Waals surface area contributed by atoms with Gasteiger partial charge in [0, 0.05) is 50.1 Å². The van der Waals surface area contributed by atoms with E-state index in [1.54, 1.807) is 0 Å². The zero-order valence-electron chi connectivity index (χ0n) is 20.8. The van der Waals surface area contributed by atoms with Gasteiger partial charge in [-0.05, 0) is 60.9 Å². The van der Waals surface area contributed by atoms with Crippen molar-refractivity contribution in [3.63, 3.8) is 0 Å². The van der Waals surface area contributed by atoms with E-state index in [1.807, 2.05) is 50.6 Å². The van der Waals surface area contributed by atoms with Crippen LogP contribution in [0.4, 0.5) is 11.5 Å². The maximum Gasteiger partial charge on any atom is 0.253 e. The lowest BCUT2D eigenvalue weighted by Gasteiger charge is -2.24. The van der Waals surface area contributed by atoms with E-state index in [0.717, 1.165) is 52.4 Å². The topological polar surface area (TPSA) is 52.9 Å². The molecule has 1 amide bonds. The molecule has 2 heterocycles. The first kappa shape index (κ1) is 24.8. The van der Waals surface area contributed by atoms with Crippen molar-refractivity contribution in [2.45, 2.75) is 33.4 Å². The number of benzene rings is 2. The number of imidazole rings is 1. The Bertz CT molecular complexity index is 1310. The first-order chi connectivity index (χ1) is 16.9. The van der Waals surface area contributed by atoms with Gasteiger partial charge in [-0.15, -0.1) is 0 Å². The molecule has 6 nitrogen and oxygen atoms in total. The fourth-order valence-electron chi connectivity index (χ4n) is 4.18. The van der Waals surface area contributed by atoms with Crippen LogP contribution in [0.15, 0.2) is 71.3 Å². The molecule has 0 aliphatic heterocycles. The number of anilines is 2. The Morgan fingerprint density at radius 2 is 1.80 bits per heavy atom. The second-order valence-corrected chi connectivity index (χ2v) is 9.68. The van der Waals surface area contributed by atoms with Crippen molar-refractivity contribution in [2.24, 2.45) is 0 Å². The molecule has 0 atom stereocenters. The Hall–Kier alpha value is -3.32. The number of aromatic nitrogens is 2. The van der Waals surface area contributed by atoms with E-state index >= 15 is 0 Å². The molecule has 0 unspecified atom stereocenters. The second kappa shape index (κ2) is 11.0. The van der Waals surface area contributed by atoms with Gasteiger partial charge in [0.15, 0.2) is 0 Å². The number of amides is 1. The van der Waals surface area contributed by atoms with Gasteiger partial charge in [-0.1, -0.05) is 47.1 Å². The summed E-state index contributed by atoms with van der Waals surface area (Å²) >= 11 is 3.57. The Balaban J connectivity index is 1.58. The molecule has 0 aliphatic carbocycles. The number of aryl methyl sites for hydroxylation is 1. The largest absolute Gasteiger partial charge is 0.378 e. The van der Waals surface area contributed by atoms with Crippen LogP contribution in [0.5, 0.6) is 0 Å². The van der Waals surface area contributed by atoms with Crippen LogP contribution in [0.1, 0.15) is 41.0 Å². The van der Waals surface area contributed by atoms with Gasteiger partial charge in [-0.3, -0.25) is 9.20 Å². The molecule has 0 radical (unpaired) electrons. The van der Waals surface area contributed by atoms with Gasteiger partial charge < -0.3 is 15.1 Å². The second-order valence-electron chi connectivity index (χ2n) is 8.77. The van der Waals surface area contributed by atoms with Crippen molar-refractivity contribution < 1.29 is 4.79 Å². The molecular weight excluding hydrogens is 502 g/mol. The van der Waals surface area contributed by atoms with Gasteiger partial charge in [-0.2, -0.15) is 0 Å². The molecule has 4 rings (SSSR count). The summed E-state index contributed by atoms with van der Waals surface area (Å²) in [6, 6.07) is 20.3. The van der Waals surface area contributed by atoms with Gasteiger partial charge in [0.1, 0.15) is 11.5 Å². The molecule has 1 N–H and O–H groups in total. The molecule has 4 aromatic rings. The SMILES string of the molecule is CCc1nc2ccc(C(=O)NCc3ccc(N(C)C)cc3)cn2c1N(CC)Cc1cccc(Br)c1. The van der Waals surface area contributed by atoms with Gasteiger partial charge >= 0.3 is 0 Å². The maximum absolute atomic E-state index is 13.0. The molecule has 0 saturated carbocycles. The van der Waals surface area contributed by atoms with E-state index < -0.39 is 0 Å². The molecule has 2 aromatic heterocycles. The van der Waals surface area contributed by atoms with E-state index in [1.165, 1.54) is 5.56 Å². The van der Waals surface area contributed by atoms with Crippen LogP contribution in [0.3, 0.4) is 0 Å². The Labute approximate surface area is 215 Å². The van der Waals surface area contributed by atoms with Crippen LogP contribution >= 0.6 is 15.9 Å². The minimum atomic E-state index is -0.101. The normalized spacial score (nSPS) is 11.0. The quantitative estimate of drug-likeness (QED) is 0.300. The fourth-order valence-corrected chi connectivity index (χ4v) is 4.62. The highest BCUT2D eigenvalue weighted by molar-refractivity contribution is 9.10. The Morgan fingerprint density at radius 1 is 1.03 bits per heavy atom. The lowest BCUT2D eigenvalue weighted by atomic mass is 10.2. The van der Waals surface area contributed by atoms with Crippen molar-refractivity contribution in [3.8, 4) is 0 Å². The highest BCUT2D eigenvalue weighted by atomic mass is 79.9. The first-order valence-corrected chi connectivity index (χ1v) is 12.7. The van der Waals surface area contributed by atoms with Crippen LogP contribution in [0.25, 0.3) is 5.65 Å². The van der Waals surface area contributed by atoms with Gasteiger partial charge in [0.25, 0.3) is 5.91 Å². The zero-order valence-corrected chi connectivity index (χ0v) is 22.3. The molecule has 35 heavy (non-hydrogen) atoms. The lowest BCUT2D eigenvalue weighted by molar-refractivity contribution is 0.0950. The number of hydrogen-bond donors (Lipinski definition) is 1. The molecule has 182 valence electrons. The Kier molecular flexibility index (Phi) is 7.76. The molecule has 0 aliphatic rings. The third-order valence-corrected chi connectivity index (χ3v) is 6.60. The highest BCUT2D eigenvalue weighted by Crippen LogP contribution is 2.26. The summed E-state index contributed by atoms with van der Waals surface area (Å²) in [6.07, 6.45) is 2.72.